The molecule has 0 aliphatic heterocycles. The van der Waals surface area contributed by atoms with Crippen LogP contribution in [0.2, 0.25) is 0 Å². The van der Waals surface area contributed by atoms with Gasteiger partial charge in [-0.15, -0.1) is 0 Å². The smallest absolute Gasteiger partial charge is 0.0375 e. The molecule has 0 spiro atoms. The maximum Gasteiger partial charge on any atom is 0.0375 e. The summed E-state index contributed by atoms with van der Waals surface area (Å²) in [5.74, 6) is 0. The van der Waals surface area contributed by atoms with Gasteiger partial charge < -0.3 is 0 Å². The van der Waals surface area contributed by atoms with Gasteiger partial charge in [0.25, 0.3) is 0 Å². The van der Waals surface area contributed by atoms with Gasteiger partial charge in [-0.2, -0.15) is 0 Å². The van der Waals surface area contributed by atoms with Gasteiger partial charge in [-0.1, -0.05) is 66.3 Å². The van der Waals surface area contributed by atoms with Crippen molar-refractivity contribution in [1.29, 1.82) is 0 Å². The van der Waals surface area contributed by atoms with E-state index in [1.54, 1.807) is 0 Å². The van der Waals surface area contributed by atoms with E-state index in [4.69, 9.17) is 5.53 Å². The predicted octanol–water partition coefficient (Wildman–Crippen LogP) is 4.63. The monoisotopic (exact) mass is 221 g/mol. The average molecular weight is 221 g/mol. The molecule has 0 bridgehead atoms. The Balaban J connectivity index is 2.31. The number of rotatable bonds is 3. The molecule has 0 heterocycles. The molecule has 2 aromatic rings. The van der Waals surface area contributed by atoms with Gasteiger partial charge in [0, 0.05) is 10.6 Å². The highest BCUT2D eigenvalue weighted by Crippen LogP contribution is 2.22. The minimum atomic E-state index is 0.437. The first-order valence-electron chi connectivity index (χ1n) is 5.21. The minimum absolute atomic E-state index is 0.437. The van der Waals surface area contributed by atoms with Crippen LogP contribution >= 0.6 is 0 Å². The van der Waals surface area contributed by atoms with Gasteiger partial charge in [0.1, 0.15) is 0 Å². The molecule has 0 amide bonds. The Morgan fingerprint density at radius 1 is 0.941 bits per heavy atom. The minimum Gasteiger partial charge on any atom is -0.0889 e. The molecule has 0 N–H and O–H groups in total. The Bertz CT molecular complexity index is 564. The van der Waals surface area contributed by atoms with Crippen LogP contribution < -0.4 is 0 Å². The van der Waals surface area contributed by atoms with Crippen molar-refractivity contribution < 1.29 is 0 Å². The Hall–Kier alpha value is -2.51. The number of benzene rings is 2. The summed E-state index contributed by atoms with van der Waals surface area (Å²) < 4.78 is 0. The van der Waals surface area contributed by atoms with Crippen LogP contribution in [0.5, 0.6) is 0 Å². The molecule has 3 heteroatoms. The molecule has 2 aromatic carbocycles. The number of azide groups is 1. The van der Waals surface area contributed by atoms with E-state index < -0.39 is 0 Å². The quantitative estimate of drug-likeness (QED) is 0.412. The fourth-order valence-electron chi connectivity index (χ4n) is 1.60. The standard InChI is InChI=1S/C14H11N3/c1-11(16-17-15)12-7-9-14(10-8-12)13-5-3-2-4-6-13/h2-10H,1H2. The molecule has 0 unspecified atom stereocenters. The largest absolute Gasteiger partial charge is 0.0889 e. The van der Waals surface area contributed by atoms with Gasteiger partial charge >= 0.3 is 0 Å². The molecule has 2 rings (SSSR count). The van der Waals surface area contributed by atoms with E-state index in [1.807, 2.05) is 42.5 Å². The highest BCUT2D eigenvalue weighted by molar-refractivity contribution is 5.68. The molecule has 0 saturated heterocycles. The third kappa shape index (κ3) is 2.54. The van der Waals surface area contributed by atoms with Crippen molar-refractivity contribution >= 4 is 5.70 Å². The molecule has 17 heavy (non-hydrogen) atoms. The molecular weight excluding hydrogens is 210 g/mol. The summed E-state index contributed by atoms with van der Waals surface area (Å²) in [5.41, 5.74) is 11.9. The topological polar surface area (TPSA) is 48.8 Å². The maximum atomic E-state index is 8.33. The Kier molecular flexibility index (Phi) is 3.24. The van der Waals surface area contributed by atoms with Crippen molar-refractivity contribution in [3.63, 3.8) is 0 Å². The highest BCUT2D eigenvalue weighted by atomic mass is 15.1. The van der Waals surface area contributed by atoms with Crippen LogP contribution in [0.4, 0.5) is 0 Å². The second-order valence-corrected chi connectivity index (χ2v) is 3.58. The molecule has 0 radical (unpaired) electrons. The van der Waals surface area contributed by atoms with Crippen molar-refractivity contribution in [2.45, 2.75) is 0 Å². The first-order valence-corrected chi connectivity index (χ1v) is 5.21. The number of nitrogens with zero attached hydrogens (tertiary/aromatic N) is 3. The summed E-state index contributed by atoms with van der Waals surface area (Å²) in [6.45, 7) is 3.70. The van der Waals surface area contributed by atoms with E-state index in [2.05, 4.69) is 28.7 Å². The SMILES string of the molecule is C=C(N=[N+]=[N-])c1ccc(-c2ccccc2)cc1. The first kappa shape index (κ1) is 11.0. The van der Waals surface area contributed by atoms with Gasteiger partial charge in [-0.25, -0.2) is 0 Å². The van der Waals surface area contributed by atoms with Gasteiger partial charge in [0.15, 0.2) is 0 Å². The van der Waals surface area contributed by atoms with Gasteiger partial charge in [-0.3, -0.25) is 0 Å². The summed E-state index contributed by atoms with van der Waals surface area (Å²) >= 11 is 0. The second kappa shape index (κ2) is 5.01. The molecule has 0 atom stereocenters. The van der Waals surface area contributed by atoms with Crippen LogP contribution in [0.25, 0.3) is 27.3 Å². The zero-order valence-corrected chi connectivity index (χ0v) is 9.24. The van der Waals surface area contributed by atoms with Crippen molar-refractivity contribution in [3.8, 4) is 11.1 Å². The van der Waals surface area contributed by atoms with Crippen molar-refractivity contribution in [1.82, 2.24) is 0 Å². The molecule has 0 aromatic heterocycles. The lowest BCUT2D eigenvalue weighted by Crippen LogP contribution is -1.80. The van der Waals surface area contributed by atoms with Crippen LogP contribution in [0.1, 0.15) is 5.56 Å². The summed E-state index contributed by atoms with van der Waals surface area (Å²) in [5, 5.41) is 3.48. The lowest BCUT2D eigenvalue weighted by Gasteiger charge is -2.03. The molecule has 0 fully saturated rings. The maximum absolute atomic E-state index is 8.33. The lowest BCUT2D eigenvalue weighted by molar-refractivity contribution is 1.48. The Morgan fingerprint density at radius 3 is 2.12 bits per heavy atom. The van der Waals surface area contributed by atoms with Crippen LogP contribution in [-0.2, 0) is 0 Å². The molecule has 0 aliphatic rings. The van der Waals surface area contributed by atoms with Crippen LogP contribution in [0, 0.1) is 0 Å². The molecule has 0 saturated carbocycles. The molecule has 3 nitrogen and oxygen atoms in total. The van der Waals surface area contributed by atoms with Crippen LogP contribution in [-0.4, -0.2) is 0 Å². The lowest BCUT2D eigenvalue weighted by atomic mass is 10.0. The Morgan fingerprint density at radius 2 is 1.53 bits per heavy atom. The fourth-order valence-corrected chi connectivity index (χ4v) is 1.60. The van der Waals surface area contributed by atoms with Gasteiger partial charge in [-0.05, 0) is 22.2 Å². The molecular formula is C14H11N3. The zero-order valence-electron chi connectivity index (χ0n) is 9.24. The number of hydrogen-bond acceptors (Lipinski definition) is 1. The summed E-state index contributed by atoms with van der Waals surface area (Å²) in [4.78, 5) is 2.72. The van der Waals surface area contributed by atoms with Crippen molar-refractivity contribution in [3.05, 3.63) is 77.2 Å². The molecule has 82 valence electrons. The third-order valence-electron chi connectivity index (χ3n) is 2.49. The predicted molar refractivity (Wildman–Crippen MR) is 70.1 cm³/mol. The summed E-state index contributed by atoms with van der Waals surface area (Å²) in [6.07, 6.45) is 0. The van der Waals surface area contributed by atoms with Crippen LogP contribution in [0.15, 0.2) is 66.3 Å². The normalized spacial score (nSPS) is 9.41. The first-order chi connectivity index (χ1) is 8.31. The van der Waals surface area contributed by atoms with Crippen molar-refractivity contribution in [2.75, 3.05) is 0 Å². The molecule has 0 aliphatic carbocycles. The van der Waals surface area contributed by atoms with E-state index in [-0.39, 0.29) is 0 Å². The van der Waals surface area contributed by atoms with Crippen LogP contribution in [0.3, 0.4) is 0 Å². The van der Waals surface area contributed by atoms with Crippen molar-refractivity contribution in [2.24, 2.45) is 5.11 Å². The third-order valence-corrected chi connectivity index (χ3v) is 2.49. The number of hydrogen-bond donors (Lipinski definition) is 0. The van der Waals surface area contributed by atoms with Gasteiger partial charge in [0.05, 0.1) is 0 Å². The second-order valence-electron chi connectivity index (χ2n) is 3.58. The fraction of sp³-hybridized carbons (Fsp3) is 0. The van der Waals surface area contributed by atoms with E-state index in [0.717, 1.165) is 16.7 Å². The average Bonchev–Trinajstić information content (AvgIpc) is 2.40. The highest BCUT2D eigenvalue weighted by Gasteiger charge is 1.98. The van der Waals surface area contributed by atoms with E-state index in [9.17, 15) is 0 Å². The zero-order chi connectivity index (χ0) is 12.1. The summed E-state index contributed by atoms with van der Waals surface area (Å²) in [6, 6.07) is 17.9. The Labute approximate surface area is 99.7 Å². The van der Waals surface area contributed by atoms with E-state index in [0.29, 0.717) is 5.70 Å². The van der Waals surface area contributed by atoms with Gasteiger partial charge in [0.2, 0.25) is 0 Å². The van der Waals surface area contributed by atoms with E-state index in [1.165, 1.54) is 0 Å². The summed E-state index contributed by atoms with van der Waals surface area (Å²) in [7, 11) is 0. The van der Waals surface area contributed by atoms with E-state index >= 15 is 0 Å².